The van der Waals surface area contributed by atoms with E-state index in [1.807, 2.05) is 64.4 Å². The molecule has 4 aromatic rings. The van der Waals surface area contributed by atoms with E-state index in [2.05, 4.69) is 30.4 Å². The van der Waals surface area contributed by atoms with Crippen molar-refractivity contribution in [1.29, 1.82) is 0 Å². The van der Waals surface area contributed by atoms with Crippen LogP contribution >= 0.6 is 0 Å². The first kappa shape index (κ1) is 26.5. The largest absolute Gasteiger partial charge is 0.474 e. The number of benzene rings is 1. The van der Waals surface area contributed by atoms with Crippen molar-refractivity contribution in [3.8, 4) is 5.88 Å². The van der Waals surface area contributed by atoms with E-state index < -0.39 is 11.7 Å². The number of pyridine rings is 1. The molecule has 0 unspecified atom stereocenters. The summed E-state index contributed by atoms with van der Waals surface area (Å²) in [7, 11) is 0. The second-order valence-corrected chi connectivity index (χ2v) is 11.1. The number of fused-ring (bicyclic) bond motifs is 2. The molecule has 0 atom stereocenters. The summed E-state index contributed by atoms with van der Waals surface area (Å²) in [5.41, 5.74) is 5.97. The monoisotopic (exact) mass is 555 g/mol. The molecule has 0 spiro atoms. The summed E-state index contributed by atoms with van der Waals surface area (Å²) in [6.45, 7) is 10.3. The Morgan fingerprint density at radius 2 is 1.85 bits per heavy atom. The highest BCUT2D eigenvalue weighted by molar-refractivity contribution is 5.92. The van der Waals surface area contributed by atoms with Gasteiger partial charge in [0.1, 0.15) is 17.9 Å². The molecule has 0 aliphatic carbocycles. The molecule has 12 heteroatoms. The Kier molecular flexibility index (Phi) is 6.90. The van der Waals surface area contributed by atoms with E-state index in [4.69, 9.17) is 14.5 Å². The van der Waals surface area contributed by atoms with Gasteiger partial charge in [-0.15, -0.1) is 0 Å². The number of hydrogen-bond acceptors (Lipinski definition) is 10. The first-order chi connectivity index (χ1) is 19.7. The van der Waals surface area contributed by atoms with Gasteiger partial charge in [-0.05, 0) is 57.4 Å². The third-order valence-electron chi connectivity index (χ3n) is 6.97. The second kappa shape index (κ2) is 10.7. The molecule has 5 heterocycles. The van der Waals surface area contributed by atoms with E-state index >= 15 is 0 Å². The highest BCUT2D eigenvalue weighted by Gasteiger charge is 2.32. The third-order valence-corrected chi connectivity index (χ3v) is 6.97. The Bertz CT molecular complexity index is 1550. The minimum absolute atomic E-state index is 0.367. The first-order valence-electron chi connectivity index (χ1n) is 13.7. The van der Waals surface area contributed by atoms with Gasteiger partial charge in [0.2, 0.25) is 11.8 Å². The maximum atomic E-state index is 13.0. The topological polar surface area (TPSA) is 123 Å². The SMILES string of the molecule is Cc1c(N2CCc3cnc(Nc4ccc(Cn5nccn5)cc4)nc3C2)cnc2c1N(C(=O)OC(C)(C)C)CCO2. The van der Waals surface area contributed by atoms with E-state index in [1.54, 1.807) is 22.1 Å². The molecule has 3 aromatic heterocycles. The average Bonchev–Trinajstić information content (AvgIpc) is 3.46. The summed E-state index contributed by atoms with van der Waals surface area (Å²) >= 11 is 0. The number of aromatic nitrogens is 6. The zero-order valence-electron chi connectivity index (χ0n) is 23.7. The minimum atomic E-state index is -0.601. The van der Waals surface area contributed by atoms with Crippen LogP contribution in [0.3, 0.4) is 0 Å². The van der Waals surface area contributed by atoms with Crippen molar-refractivity contribution < 1.29 is 14.3 Å². The number of anilines is 4. The summed E-state index contributed by atoms with van der Waals surface area (Å²) in [5, 5.41) is 11.6. The van der Waals surface area contributed by atoms with Gasteiger partial charge in [-0.1, -0.05) is 12.1 Å². The van der Waals surface area contributed by atoms with Gasteiger partial charge in [0, 0.05) is 24.0 Å². The maximum absolute atomic E-state index is 13.0. The van der Waals surface area contributed by atoms with E-state index in [0.717, 1.165) is 46.7 Å². The van der Waals surface area contributed by atoms with Crippen LogP contribution in [0.5, 0.6) is 5.88 Å². The molecule has 0 fully saturated rings. The lowest BCUT2D eigenvalue weighted by Gasteiger charge is -2.35. The predicted octanol–water partition coefficient (Wildman–Crippen LogP) is 4.26. The van der Waals surface area contributed by atoms with Gasteiger partial charge in [0.05, 0.1) is 49.6 Å². The van der Waals surface area contributed by atoms with Crippen molar-refractivity contribution in [2.24, 2.45) is 0 Å². The fourth-order valence-corrected chi connectivity index (χ4v) is 5.03. The Labute approximate surface area is 238 Å². The van der Waals surface area contributed by atoms with E-state index in [9.17, 15) is 4.79 Å². The summed E-state index contributed by atoms with van der Waals surface area (Å²) in [6, 6.07) is 8.05. The lowest BCUT2D eigenvalue weighted by Crippen LogP contribution is -2.42. The zero-order valence-corrected chi connectivity index (χ0v) is 23.7. The van der Waals surface area contributed by atoms with E-state index in [-0.39, 0.29) is 0 Å². The molecule has 1 amide bonds. The van der Waals surface area contributed by atoms with Gasteiger partial charge < -0.3 is 19.7 Å². The molecule has 0 bridgehead atoms. The lowest BCUT2D eigenvalue weighted by atomic mass is 10.0. The van der Waals surface area contributed by atoms with Crippen LogP contribution < -0.4 is 19.9 Å². The molecule has 2 aliphatic heterocycles. The highest BCUT2D eigenvalue weighted by atomic mass is 16.6. The van der Waals surface area contributed by atoms with E-state index in [1.165, 1.54) is 0 Å². The van der Waals surface area contributed by atoms with Crippen LogP contribution in [0.2, 0.25) is 0 Å². The molecule has 2 aliphatic rings. The number of carbonyl (C=O) groups is 1. The molecule has 212 valence electrons. The van der Waals surface area contributed by atoms with Crippen LogP contribution in [0.4, 0.5) is 27.8 Å². The van der Waals surface area contributed by atoms with Gasteiger partial charge in [-0.3, -0.25) is 4.90 Å². The highest BCUT2D eigenvalue weighted by Crippen LogP contribution is 2.39. The van der Waals surface area contributed by atoms with Crippen LogP contribution in [-0.4, -0.2) is 61.3 Å². The summed E-state index contributed by atoms with van der Waals surface area (Å²) < 4.78 is 11.5. The quantitative estimate of drug-likeness (QED) is 0.382. The minimum Gasteiger partial charge on any atom is -0.474 e. The van der Waals surface area contributed by atoms with Crippen LogP contribution in [-0.2, 0) is 24.2 Å². The Morgan fingerprint density at radius 1 is 1.07 bits per heavy atom. The molecule has 1 N–H and O–H groups in total. The fourth-order valence-electron chi connectivity index (χ4n) is 5.03. The summed E-state index contributed by atoms with van der Waals surface area (Å²) in [6.07, 6.45) is 7.45. The second-order valence-electron chi connectivity index (χ2n) is 11.1. The normalized spacial score (nSPS) is 14.6. The van der Waals surface area contributed by atoms with Crippen molar-refractivity contribution in [3.05, 3.63) is 71.4 Å². The number of carbonyl (C=O) groups excluding carboxylic acids is 1. The van der Waals surface area contributed by atoms with Crippen LogP contribution in [0.1, 0.15) is 43.2 Å². The number of amides is 1. The summed E-state index contributed by atoms with van der Waals surface area (Å²) in [5.74, 6) is 0.985. The zero-order chi connectivity index (χ0) is 28.6. The number of nitrogens with zero attached hydrogens (tertiary/aromatic N) is 8. The van der Waals surface area contributed by atoms with Gasteiger partial charge in [0.15, 0.2) is 0 Å². The molecular formula is C29H33N9O3. The number of hydrogen-bond donors (Lipinski definition) is 1. The average molecular weight is 556 g/mol. The smallest absolute Gasteiger partial charge is 0.415 e. The van der Waals surface area contributed by atoms with Crippen LogP contribution in [0, 0.1) is 6.92 Å². The van der Waals surface area contributed by atoms with Gasteiger partial charge in [-0.25, -0.2) is 19.7 Å². The number of nitrogens with one attached hydrogen (secondary N) is 1. The Morgan fingerprint density at radius 3 is 2.61 bits per heavy atom. The van der Waals surface area contributed by atoms with Crippen LogP contribution in [0.25, 0.3) is 0 Å². The molecule has 0 radical (unpaired) electrons. The fraction of sp³-hybridized carbons (Fsp3) is 0.379. The lowest BCUT2D eigenvalue weighted by molar-refractivity contribution is 0.0566. The molecule has 0 saturated heterocycles. The van der Waals surface area contributed by atoms with Gasteiger partial charge in [0.25, 0.3) is 0 Å². The Hall–Kier alpha value is -4.74. The van der Waals surface area contributed by atoms with Crippen LogP contribution in [0.15, 0.2) is 49.1 Å². The molecule has 1 aromatic carbocycles. The molecule has 6 rings (SSSR count). The number of ether oxygens (including phenoxy) is 2. The summed E-state index contributed by atoms with van der Waals surface area (Å²) in [4.78, 5) is 32.5. The van der Waals surface area contributed by atoms with Crippen molar-refractivity contribution in [3.63, 3.8) is 0 Å². The Balaban J connectivity index is 1.19. The maximum Gasteiger partial charge on any atom is 0.415 e. The molecule has 12 nitrogen and oxygen atoms in total. The molecule has 0 saturated carbocycles. The first-order valence-corrected chi connectivity index (χ1v) is 13.7. The third kappa shape index (κ3) is 5.76. The van der Waals surface area contributed by atoms with Gasteiger partial charge >= 0.3 is 6.09 Å². The molecular weight excluding hydrogens is 522 g/mol. The van der Waals surface area contributed by atoms with Crippen molar-refractivity contribution in [2.45, 2.75) is 52.8 Å². The molecule has 41 heavy (non-hydrogen) atoms. The van der Waals surface area contributed by atoms with Crippen molar-refractivity contribution >= 4 is 29.1 Å². The number of rotatable bonds is 5. The standard InChI is InChI=1S/C29H33N9O3/c1-19-24(16-30-26-25(19)37(13-14-40-26)28(39)41-29(2,3)4)36-12-9-21-15-31-27(35-23(21)18-36)34-22-7-5-20(6-8-22)17-38-32-10-11-33-38/h5-8,10-11,15-16H,9,12-14,17-18H2,1-4H3,(H,31,34,35). The predicted molar refractivity (Wildman–Crippen MR) is 154 cm³/mol. The van der Waals surface area contributed by atoms with Gasteiger partial charge in [-0.2, -0.15) is 15.0 Å². The van der Waals surface area contributed by atoms with Crippen molar-refractivity contribution in [1.82, 2.24) is 29.9 Å². The van der Waals surface area contributed by atoms with E-state index in [0.29, 0.717) is 43.8 Å². The van der Waals surface area contributed by atoms with Crippen molar-refractivity contribution in [2.75, 3.05) is 34.8 Å².